The summed E-state index contributed by atoms with van der Waals surface area (Å²) in [6.07, 6.45) is 4.87. The van der Waals surface area contributed by atoms with Crippen LogP contribution in [0.15, 0.2) is 11.1 Å². The summed E-state index contributed by atoms with van der Waals surface area (Å²) in [5, 5.41) is 13.4. The van der Waals surface area contributed by atoms with Crippen LogP contribution >= 0.6 is 11.6 Å². The maximum atomic E-state index is 11.3. The van der Waals surface area contributed by atoms with Crippen molar-refractivity contribution >= 4 is 17.4 Å². The van der Waals surface area contributed by atoms with E-state index in [0.29, 0.717) is 18.3 Å². The topological polar surface area (TPSA) is 78.0 Å². The Labute approximate surface area is 111 Å². The molecule has 1 heterocycles. The van der Waals surface area contributed by atoms with E-state index >= 15 is 0 Å². The smallest absolute Gasteiger partial charge is 0.271 e. The fourth-order valence-corrected chi connectivity index (χ4v) is 2.40. The second-order valence-corrected chi connectivity index (χ2v) is 5.53. The number of aromatic nitrogens is 2. The van der Waals surface area contributed by atoms with E-state index in [1.165, 1.54) is 6.33 Å². The quantitative estimate of drug-likeness (QED) is 0.783. The van der Waals surface area contributed by atoms with Gasteiger partial charge in [-0.25, -0.2) is 4.98 Å². The Kier molecular flexibility index (Phi) is 3.92. The van der Waals surface area contributed by atoms with Gasteiger partial charge in [0.15, 0.2) is 5.82 Å². The summed E-state index contributed by atoms with van der Waals surface area (Å²) in [7, 11) is 0. The molecule has 6 heteroatoms. The molecule has 3 N–H and O–H groups in total. The largest absolute Gasteiger partial charge is 0.388 e. The zero-order valence-corrected chi connectivity index (χ0v) is 11.1. The third-order valence-electron chi connectivity index (χ3n) is 3.59. The van der Waals surface area contributed by atoms with Crippen LogP contribution in [0, 0.1) is 5.92 Å². The van der Waals surface area contributed by atoms with Gasteiger partial charge >= 0.3 is 0 Å². The Morgan fingerprint density at radius 2 is 2.28 bits per heavy atom. The summed E-state index contributed by atoms with van der Waals surface area (Å²) in [4.78, 5) is 17.6. The van der Waals surface area contributed by atoms with Crippen molar-refractivity contribution in [1.29, 1.82) is 0 Å². The van der Waals surface area contributed by atoms with Gasteiger partial charge in [-0.2, -0.15) is 0 Å². The molecule has 0 radical (unpaired) electrons. The van der Waals surface area contributed by atoms with E-state index in [1.807, 2.05) is 0 Å². The predicted octanol–water partition coefficient (Wildman–Crippen LogP) is 1.78. The van der Waals surface area contributed by atoms with E-state index < -0.39 is 5.60 Å². The summed E-state index contributed by atoms with van der Waals surface area (Å²) < 4.78 is 0. The minimum atomic E-state index is -0.722. The molecule has 1 fully saturated rings. The van der Waals surface area contributed by atoms with E-state index in [-0.39, 0.29) is 10.6 Å². The molecule has 5 nitrogen and oxygen atoms in total. The molecule has 0 unspecified atom stereocenters. The third kappa shape index (κ3) is 3.03. The lowest BCUT2D eigenvalue weighted by Gasteiger charge is -2.35. The van der Waals surface area contributed by atoms with Gasteiger partial charge < -0.3 is 15.4 Å². The average Bonchev–Trinajstić information content (AvgIpc) is 2.35. The number of nitrogens with zero attached hydrogens (tertiary/aromatic N) is 1. The molecule has 100 valence electrons. The van der Waals surface area contributed by atoms with Gasteiger partial charge in [0.25, 0.3) is 5.56 Å². The van der Waals surface area contributed by atoms with Gasteiger partial charge in [0, 0.05) is 6.54 Å². The van der Waals surface area contributed by atoms with Crippen LogP contribution in [-0.4, -0.2) is 27.2 Å². The van der Waals surface area contributed by atoms with Gasteiger partial charge in [0.05, 0.1) is 11.9 Å². The zero-order chi connectivity index (χ0) is 13.2. The molecule has 1 aliphatic carbocycles. The Morgan fingerprint density at radius 1 is 1.61 bits per heavy atom. The minimum Gasteiger partial charge on any atom is -0.388 e. The van der Waals surface area contributed by atoms with Gasteiger partial charge in [0.2, 0.25) is 0 Å². The van der Waals surface area contributed by atoms with Crippen LogP contribution in [0.2, 0.25) is 5.02 Å². The van der Waals surface area contributed by atoms with Crippen molar-refractivity contribution in [1.82, 2.24) is 9.97 Å². The normalized spacial score (nSPS) is 28.1. The van der Waals surface area contributed by atoms with Gasteiger partial charge in [0.1, 0.15) is 5.02 Å². The van der Waals surface area contributed by atoms with Gasteiger partial charge in [-0.15, -0.1) is 0 Å². The predicted molar refractivity (Wildman–Crippen MR) is 70.9 cm³/mol. The molecule has 0 saturated heterocycles. The number of hydrogen-bond acceptors (Lipinski definition) is 4. The summed E-state index contributed by atoms with van der Waals surface area (Å²) in [6, 6.07) is 0. The lowest BCUT2D eigenvalue weighted by molar-refractivity contribution is 0.00494. The lowest BCUT2D eigenvalue weighted by atomic mass is 9.79. The van der Waals surface area contributed by atoms with Crippen LogP contribution in [-0.2, 0) is 0 Å². The van der Waals surface area contributed by atoms with Crippen molar-refractivity contribution in [3.8, 4) is 0 Å². The first kappa shape index (κ1) is 13.4. The Bertz CT molecular complexity index is 467. The molecular weight excluding hydrogens is 254 g/mol. The monoisotopic (exact) mass is 271 g/mol. The molecule has 0 amide bonds. The molecule has 2 rings (SSSR count). The molecule has 18 heavy (non-hydrogen) atoms. The van der Waals surface area contributed by atoms with E-state index in [1.54, 1.807) is 0 Å². The van der Waals surface area contributed by atoms with Crippen molar-refractivity contribution in [3.05, 3.63) is 21.7 Å². The minimum absolute atomic E-state index is 0.0327. The van der Waals surface area contributed by atoms with Gasteiger partial charge in [-0.05, 0) is 31.6 Å². The molecule has 1 aromatic rings. The lowest BCUT2D eigenvalue weighted by Crippen LogP contribution is -2.40. The van der Waals surface area contributed by atoms with E-state index in [9.17, 15) is 9.90 Å². The van der Waals surface area contributed by atoms with Crippen LogP contribution in [0.25, 0.3) is 0 Å². The Balaban J connectivity index is 1.99. The number of nitrogens with one attached hydrogen (secondary N) is 2. The van der Waals surface area contributed by atoms with E-state index in [0.717, 1.165) is 25.7 Å². The Morgan fingerprint density at radius 3 is 2.94 bits per heavy atom. The number of H-pyrrole nitrogens is 1. The molecule has 1 aromatic heterocycles. The molecule has 0 aliphatic heterocycles. The van der Waals surface area contributed by atoms with Crippen molar-refractivity contribution in [2.24, 2.45) is 5.92 Å². The highest BCUT2D eigenvalue weighted by atomic mass is 35.5. The Hall–Kier alpha value is -1.07. The van der Waals surface area contributed by atoms with Crippen molar-refractivity contribution in [2.45, 2.75) is 38.2 Å². The fraction of sp³-hybridized carbons (Fsp3) is 0.667. The van der Waals surface area contributed by atoms with Crippen LogP contribution in [0.4, 0.5) is 5.82 Å². The van der Waals surface area contributed by atoms with Crippen LogP contribution in [0.1, 0.15) is 32.6 Å². The second kappa shape index (κ2) is 5.28. The van der Waals surface area contributed by atoms with Crippen LogP contribution in [0.5, 0.6) is 0 Å². The number of aromatic amines is 1. The third-order valence-corrected chi connectivity index (χ3v) is 3.94. The second-order valence-electron chi connectivity index (χ2n) is 5.15. The first-order chi connectivity index (χ1) is 8.50. The molecular formula is C12H18ClN3O2. The van der Waals surface area contributed by atoms with Crippen molar-refractivity contribution in [3.63, 3.8) is 0 Å². The van der Waals surface area contributed by atoms with Crippen LogP contribution < -0.4 is 10.9 Å². The van der Waals surface area contributed by atoms with Crippen molar-refractivity contribution in [2.75, 3.05) is 11.9 Å². The van der Waals surface area contributed by atoms with Crippen molar-refractivity contribution < 1.29 is 5.11 Å². The van der Waals surface area contributed by atoms with E-state index in [2.05, 4.69) is 22.2 Å². The number of aliphatic hydroxyl groups is 1. The molecule has 1 aliphatic rings. The summed E-state index contributed by atoms with van der Waals surface area (Å²) >= 11 is 5.83. The molecule has 0 atom stereocenters. The zero-order valence-electron chi connectivity index (χ0n) is 10.4. The van der Waals surface area contributed by atoms with Crippen LogP contribution in [0.3, 0.4) is 0 Å². The first-order valence-electron chi connectivity index (χ1n) is 6.20. The standard InChI is InChI=1S/C12H18ClN3O2/c1-8-2-4-12(18,5-3-8)6-14-10-9(13)11(17)16-7-15-10/h7-8,18H,2-6H2,1H3,(H2,14,15,16,17). The average molecular weight is 272 g/mol. The summed E-state index contributed by atoms with van der Waals surface area (Å²) in [5.41, 5.74) is -1.10. The summed E-state index contributed by atoms with van der Waals surface area (Å²) in [5.74, 6) is 0.999. The number of hydrogen-bond donors (Lipinski definition) is 3. The molecule has 0 spiro atoms. The SMILES string of the molecule is CC1CCC(O)(CNc2nc[nH]c(=O)c2Cl)CC1. The molecule has 0 aromatic carbocycles. The maximum Gasteiger partial charge on any atom is 0.271 e. The summed E-state index contributed by atoms with van der Waals surface area (Å²) in [6.45, 7) is 2.57. The molecule has 1 saturated carbocycles. The fourth-order valence-electron chi connectivity index (χ4n) is 2.23. The highest BCUT2D eigenvalue weighted by Crippen LogP contribution is 2.32. The highest BCUT2D eigenvalue weighted by molar-refractivity contribution is 6.32. The number of rotatable bonds is 3. The number of anilines is 1. The first-order valence-corrected chi connectivity index (χ1v) is 6.57. The highest BCUT2D eigenvalue weighted by Gasteiger charge is 2.31. The van der Waals surface area contributed by atoms with E-state index in [4.69, 9.17) is 11.6 Å². The molecule has 0 bridgehead atoms. The number of halogens is 1. The van der Waals surface area contributed by atoms with Gasteiger partial charge in [-0.3, -0.25) is 4.79 Å². The maximum absolute atomic E-state index is 11.3. The van der Waals surface area contributed by atoms with Gasteiger partial charge in [-0.1, -0.05) is 18.5 Å².